The molecule has 5 nitrogen and oxygen atoms in total. The number of rotatable bonds is 4. The smallest absolute Gasteiger partial charge is 0.408 e. The van der Waals surface area contributed by atoms with Crippen LogP contribution in [-0.4, -0.2) is 27.5 Å². The quantitative estimate of drug-likeness (QED) is 0.862. The number of aromatic nitrogens is 1. The maximum absolute atomic E-state index is 13.5. The van der Waals surface area contributed by atoms with E-state index in [2.05, 4.69) is 0 Å². The van der Waals surface area contributed by atoms with Crippen molar-refractivity contribution in [2.45, 2.75) is 64.6 Å². The monoisotopic (exact) mass is 334 g/mol. The van der Waals surface area contributed by atoms with E-state index in [-0.39, 0.29) is 24.5 Å². The normalized spacial score (nSPS) is 16.0. The number of oxazole rings is 1. The molecule has 1 amide bonds. The van der Waals surface area contributed by atoms with Crippen LogP contribution in [-0.2, 0) is 11.3 Å². The molecular weight excluding hydrogens is 311 g/mol. The Morgan fingerprint density at radius 1 is 1.33 bits per heavy atom. The van der Waals surface area contributed by atoms with Crippen molar-refractivity contribution in [3.05, 3.63) is 34.6 Å². The largest absolute Gasteiger partial charge is 0.420 e. The lowest BCUT2D eigenvalue weighted by Gasteiger charge is -2.37. The van der Waals surface area contributed by atoms with Crippen molar-refractivity contribution in [2.24, 2.45) is 0 Å². The molecule has 0 unspecified atom stereocenters. The lowest BCUT2D eigenvalue weighted by molar-refractivity contribution is -0.137. The average Bonchev–Trinajstić information content (AvgIpc) is 2.84. The Morgan fingerprint density at radius 2 is 2.04 bits per heavy atom. The maximum atomic E-state index is 13.5. The Balaban J connectivity index is 1.88. The number of halogens is 1. The molecule has 0 radical (unpaired) electrons. The molecule has 1 fully saturated rings. The van der Waals surface area contributed by atoms with E-state index < -0.39 is 11.6 Å². The Morgan fingerprint density at radius 3 is 2.71 bits per heavy atom. The summed E-state index contributed by atoms with van der Waals surface area (Å²) >= 11 is 0. The minimum absolute atomic E-state index is 0.0613. The highest BCUT2D eigenvalue weighted by atomic mass is 19.1. The van der Waals surface area contributed by atoms with Crippen LogP contribution in [0.4, 0.5) is 4.39 Å². The van der Waals surface area contributed by atoms with Gasteiger partial charge in [0, 0.05) is 18.2 Å². The van der Waals surface area contributed by atoms with Gasteiger partial charge in [-0.1, -0.05) is 19.3 Å². The predicted octanol–water partition coefficient (Wildman–Crippen LogP) is 3.30. The first-order valence-corrected chi connectivity index (χ1v) is 8.57. The molecule has 1 aliphatic rings. The molecule has 6 heteroatoms. The van der Waals surface area contributed by atoms with E-state index in [1.807, 2.05) is 18.7 Å². The van der Waals surface area contributed by atoms with Gasteiger partial charge in [-0.05, 0) is 38.8 Å². The number of fused-ring (bicyclic) bond motifs is 1. The van der Waals surface area contributed by atoms with Gasteiger partial charge < -0.3 is 9.32 Å². The summed E-state index contributed by atoms with van der Waals surface area (Å²) in [4.78, 5) is 26.8. The molecule has 0 aliphatic heterocycles. The molecule has 24 heavy (non-hydrogen) atoms. The van der Waals surface area contributed by atoms with Crippen LogP contribution in [0.2, 0.25) is 0 Å². The van der Waals surface area contributed by atoms with Gasteiger partial charge in [-0.25, -0.2) is 9.18 Å². The van der Waals surface area contributed by atoms with Gasteiger partial charge in [-0.3, -0.25) is 9.36 Å². The predicted molar refractivity (Wildman–Crippen MR) is 89.3 cm³/mol. The first kappa shape index (κ1) is 16.7. The van der Waals surface area contributed by atoms with Gasteiger partial charge in [0.2, 0.25) is 5.91 Å². The van der Waals surface area contributed by atoms with E-state index in [0.29, 0.717) is 11.1 Å². The lowest BCUT2D eigenvalue weighted by atomic mass is 9.93. The van der Waals surface area contributed by atoms with Crippen LogP contribution < -0.4 is 5.76 Å². The number of carbonyl (C=O) groups excluding carboxylic acids is 1. The van der Waals surface area contributed by atoms with Gasteiger partial charge in [0.1, 0.15) is 12.4 Å². The van der Waals surface area contributed by atoms with Crippen molar-refractivity contribution in [1.29, 1.82) is 0 Å². The summed E-state index contributed by atoms with van der Waals surface area (Å²) in [6.07, 6.45) is 5.46. The molecule has 0 saturated heterocycles. The minimum Gasteiger partial charge on any atom is -0.408 e. The van der Waals surface area contributed by atoms with E-state index in [0.717, 1.165) is 25.7 Å². The van der Waals surface area contributed by atoms with Crippen LogP contribution in [0.5, 0.6) is 0 Å². The fourth-order valence-corrected chi connectivity index (χ4v) is 3.67. The highest BCUT2D eigenvalue weighted by molar-refractivity contribution is 5.80. The SMILES string of the molecule is CC(C)N(C(=O)Cn1c(=O)oc2ccc(F)cc21)C1CCCCC1. The second-order valence-corrected chi connectivity index (χ2v) is 6.75. The lowest BCUT2D eigenvalue weighted by Crippen LogP contribution is -2.47. The number of carbonyl (C=O) groups is 1. The van der Waals surface area contributed by atoms with E-state index >= 15 is 0 Å². The second kappa shape index (κ2) is 6.79. The van der Waals surface area contributed by atoms with Crippen molar-refractivity contribution < 1.29 is 13.6 Å². The summed E-state index contributed by atoms with van der Waals surface area (Å²) in [5, 5.41) is 0. The third-order valence-corrected chi connectivity index (χ3v) is 4.74. The average molecular weight is 334 g/mol. The van der Waals surface area contributed by atoms with Crippen molar-refractivity contribution in [3.63, 3.8) is 0 Å². The molecule has 0 bridgehead atoms. The number of hydrogen-bond donors (Lipinski definition) is 0. The number of amides is 1. The van der Waals surface area contributed by atoms with E-state index in [1.54, 1.807) is 0 Å². The van der Waals surface area contributed by atoms with Gasteiger partial charge in [0.15, 0.2) is 5.58 Å². The summed E-state index contributed by atoms with van der Waals surface area (Å²) in [6.45, 7) is 3.86. The van der Waals surface area contributed by atoms with E-state index in [1.165, 1.54) is 29.2 Å². The Labute approximate surface area is 140 Å². The number of benzene rings is 1. The topological polar surface area (TPSA) is 55.5 Å². The van der Waals surface area contributed by atoms with Gasteiger partial charge in [0.05, 0.1) is 5.52 Å². The third kappa shape index (κ3) is 3.23. The molecule has 0 atom stereocenters. The van der Waals surface area contributed by atoms with Gasteiger partial charge in [0.25, 0.3) is 0 Å². The van der Waals surface area contributed by atoms with E-state index in [9.17, 15) is 14.0 Å². The molecule has 0 N–H and O–H groups in total. The van der Waals surface area contributed by atoms with Gasteiger partial charge >= 0.3 is 5.76 Å². The van der Waals surface area contributed by atoms with Crippen molar-refractivity contribution in [3.8, 4) is 0 Å². The zero-order valence-electron chi connectivity index (χ0n) is 14.1. The first-order valence-electron chi connectivity index (χ1n) is 8.57. The summed E-state index contributed by atoms with van der Waals surface area (Å²) < 4.78 is 19.8. The summed E-state index contributed by atoms with van der Waals surface area (Å²) in [5.74, 6) is -1.21. The first-order chi connectivity index (χ1) is 11.5. The third-order valence-electron chi connectivity index (χ3n) is 4.74. The fourth-order valence-electron chi connectivity index (χ4n) is 3.67. The van der Waals surface area contributed by atoms with Crippen LogP contribution in [0.1, 0.15) is 46.0 Å². The van der Waals surface area contributed by atoms with Gasteiger partial charge in [-0.2, -0.15) is 0 Å². The standard InChI is InChI=1S/C18H23FN2O3/c1-12(2)21(14-6-4-3-5-7-14)17(22)11-20-15-10-13(19)8-9-16(15)24-18(20)23/h8-10,12,14H,3-7,11H2,1-2H3. The molecule has 0 spiro atoms. The Bertz CT molecular complexity index is 787. The molecule has 2 aromatic rings. The highest BCUT2D eigenvalue weighted by Crippen LogP contribution is 2.25. The molecule has 1 aliphatic carbocycles. The van der Waals surface area contributed by atoms with Crippen molar-refractivity contribution in [2.75, 3.05) is 0 Å². The molecule has 1 saturated carbocycles. The zero-order chi connectivity index (χ0) is 17.3. The molecule has 3 rings (SSSR count). The molecule has 1 heterocycles. The Kier molecular flexibility index (Phi) is 4.73. The van der Waals surface area contributed by atoms with Crippen molar-refractivity contribution >= 4 is 17.0 Å². The summed E-state index contributed by atoms with van der Waals surface area (Å²) in [5.41, 5.74) is 0.615. The van der Waals surface area contributed by atoms with Crippen LogP contribution in [0.25, 0.3) is 11.1 Å². The van der Waals surface area contributed by atoms with Crippen LogP contribution >= 0.6 is 0 Å². The molecule has 130 valence electrons. The van der Waals surface area contributed by atoms with Crippen LogP contribution in [0.3, 0.4) is 0 Å². The summed E-state index contributed by atoms with van der Waals surface area (Å²) in [6, 6.07) is 4.16. The molecule has 1 aromatic heterocycles. The second-order valence-electron chi connectivity index (χ2n) is 6.75. The van der Waals surface area contributed by atoms with E-state index in [4.69, 9.17) is 4.42 Å². The van der Waals surface area contributed by atoms with Crippen molar-refractivity contribution in [1.82, 2.24) is 9.47 Å². The molecule has 1 aromatic carbocycles. The van der Waals surface area contributed by atoms with Crippen LogP contribution in [0, 0.1) is 5.82 Å². The number of hydrogen-bond acceptors (Lipinski definition) is 3. The van der Waals surface area contributed by atoms with Crippen LogP contribution in [0.15, 0.2) is 27.4 Å². The molecular formula is C18H23FN2O3. The minimum atomic E-state index is -0.628. The maximum Gasteiger partial charge on any atom is 0.420 e. The Hall–Kier alpha value is -2.11. The van der Waals surface area contributed by atoms with Gasteiger partial charge in [-0.15, -0.1) is 0 Å². The zero-order valence-corrected chi connectivity index (χ0v) is 14.1. The fraction of sp³-hybridized carbons (Fsp3) is 0.556. The highest BCUT2D eigenvalue weighted by Gasteiger charge is 2.28. The summed E-state index contributed by atoms with van der Waals surface area (Å²) in [7, 11) is 0. The number of nitrogens with zero attached hydrogens (tertiary/aromatic N) is 2.